The highest BCUT2D eigenvalue weighted by Crippen LogP contribution is 2.42. The van der Waals surface area contributed by atoms with Crippen molar-refractivity contribution in [2.24, 2.45) is 0 Å². The highest BCUT2D eigenvalue weighted by Gasteiger charge is 2.31. The summed E-state index contributed by atoms with van der Waals surface area (Å²) in [5.41, 5.74) is 4.05. The number of aliphatic hydroxyl groups excluding tert-OH is 2. The molecule has 0 radical (unpaired) electrons. The molecule has 0 spiro atoms. The number of carbonyl (C=O) groups is 3. The molecule has 0 saturated heterocycles. The van der Waals surface area contributed by atoms with E-state index in [0.717, 1.165) is 5.56 Å². The number of carboxylic acids is 1. The molecule has 5 N–H and O–H groups in total. The van der Waals surface area contributed by atoms with Crippen molar-refractivity contribution in [1.82, 2.24) is 4.57 Å². The molecule has 3 aromatic carbocycles. The summed E-state index contributed by atoms with van der Waals surface area (Å²) < 4.78 is 21.4. The minimum Gasteiger partial charge on any atom is -0.481 e. The Labute approximate surface area is 285 Å². The molecule has 0 unspecified atom stereocenters. The van der Waals surface area contributed by atoms with Crippen LogP contribution in [0.25, 0.3) is 22.4 Å². The molecular formula is C38H44FN3O7. The molecule has 0 aliphatic carbocycles. The van der Waals surface area contributed by atoms with Gasteiger partial charge in [0.1, 0.15) is 11.4 Å². The zero-order valence-electron chi connectivity index (χ0n) is 28.4. The number of aliphatic carboxylic acids is 1. The fourth-order valence-corrected chi connectivity index (χ4v) is 5.74. The van der Waals surface area contributed by atoms with Crippen molar-refractivity contribution in [2.75, 3.05) is 10.6 Å². The molecule has 0 aliphatic rings. The van der Waals surface area contributed by atoms with Crippen LogP contribution in [-0.4, -0.2) is 55.7 Å². The largest absolute Gasteiger partial charge is 0.481 e. The second-order valence-electron chi connectivity index (χ2n) is 13.3. The average molecular weight is 674 g/mol. The summed E-state index contributed by atoms with van der Waals surface area (Å²) in [4.78, 5) is 37.7. The zero-order chi connectivity index (χ0) is 35.9. The normalized spacial score (nSPS) is 12.8. The van der Waals surface area contributed by atoms with Gasteiger partial charge in [-0.3, -0.25) is 14.9 Å². The number of rotatable bonds is 13. The van der Waals surface area contributed by atoms with E-state index < -0.39 is 48.0 Å². The molecule has 260 valence electrons. The molecule has 1 aromatic heterocycles. The van der Waals surface area contributed by atoms with Crippen LogP contribution in [0.1, 0.15) is 75.9 Å². The first kappa shape index (κ1) is 36.8. The number of amides is 2. The number of halogens is 1. The van der Waals surface area contributed by atoms with Crippen LogP contribution in [0.2, 0.25) is 0 Å². The van der Waals surface area contributed by atoms with Crippen molar-refractivity contribution in [3.05, 3.63) is 95.9 Å². The molecule has 1 heterocycles. The Bertz CT molecular complexity index is 1750. The van der Waals surface area contributed by atoms with Crippen LogP contribution in [0.15, 0.2) is 78.9 Å². The van der Waals surface area contributed by atoms with Crippen LogP contribution in [0, 0.1) is 5.82 Å². The smallest absolute Gasteiger partial charge is 0.412 e. The number of hydrogen-bond acceptors (Lipinski definition) is 6. The van der Waals surface area contributed by atoms with Gasteiger partial charge in [-0.05, 0) is 99.2 Å². The van der Waals surface area contributed by atoms with Gasteiger partial charge >= 0.3 is 12.1 Å². The summed E-state index contributed by atoms with van der Waals surface area (Å²) in [5.74, 6) is -2.16. The van der Waals surface area contributed by atoms with Gasteiger partial charge in [-0.25, -0.2) is 9.18 Å². The van der Waals surface area contributed by atoms with E-state index in [1.165, 1.54) is 12.1 Å². The molecule has 11 heteroatoms. The Morgan fingerprint density at radius 3 is 1.98 bits per heavy atom. The van der Waals surface area contributed by atoms with E-state index >= 15 is 0 Å². The molecule has 2 atom stereocenters. The Balaban J connectivity index is 1.79. The van der Waals surface area contributed by atoms with Crippen LogP contribution in [0.5, 0.6) is 0 Å². The zero-order valence-corrected chi connectivity index (χ0v) is 28.4. The van der Waals surface area contributed by atoms with E-state index in [0.29, 0.717) is 39.5 Å². The molecule has 0 bridgehead atoms. The second kappa shape index (κ2) is 15.9. The fourth-order valence-electron chi connectivity index (χ4n) is 5.74. The van der Waals surface area contributed by atoms with Gasteiger partial charge in [-0.2, -0.15) is 0 Å². The van der Waals surface area contributed by atoms with Gasteiger partial charge in [-0.1, -0.05) is 44.2 Å². The number of aliphatic hydroxyl groups is 2. The van der Waals surface area contributed by atoms with E-state index in [4.69, 9.17) is 9.84 Å². The number of nitrogens with one attached hydrogen (secondary N) is 2. The Morgan fingerprint density at radius 1 is 0.837 bits per heavy atom. The molecule has 10 nitrogen and oxygen atoms in total. The number of nitrogens with zero attached hydrogens (tertiary/aromatic N) is 1. The second-order valence-corrected chi connectivity index (χ2v) is 13.3. The Hall–Kier alpha value is -5.00. The lowest BCUT2D eigenvalue weighted by Crippen LogP contribution is -2.27. The van der Waals surface area contributed by atoms with Crippen molar-refractivity contribution < 1.29 is 38.8 Å². The van der Waals surface area contributed by atoms with E-state index in [1.54, 1.807) is 57.2 Å². The van der Waals surface area contributed by atoms with E-state index in [-0.39, 0.29) is 25.3 Å². The van der Waals surface area contributed by atoms with Gasteiger partial charge in [-0.15, -0.1) is 0 Å². The standard InChI is InChI=1S/C38H44FN3O7/c1-23(2)34-33(36(47)40-27-15-17-28(18-16-27)41-37(48)49-38(3,4)5)32(24-9-7-6-8-10-24)35(25-11-13-26(39)14-12-25)42(34)20-19-29(43)21-30(44)22-31(45)46/h6-18,23,29-30,43-44H,19-22H2,1-5H3,(H,40,47)(H,41,48)(H,45,46)/t29-,30-/m1/s1. The molecule has 0 saturated carbocycles. The van der Waals surface area contributed by atoms with Crippen LogP contribution in [-0.2, 0) is 16.1 Å². The highest BCUT2D eigenvalue weighted by molar-refractivity contribution is 6.12. The lowest BCUT2D eigenvalue weighted by Gasteiger charge is -2.20. The minimum atomic E-state index is -1.22. The first-order chi connectivity index (χ1) is 23.1. The van der Waals surface area contributed by atoms with E-state index in [9.17, 15) is 29.0 Å². The maximum atomic E-state index is 14.4. The van der Waals surface area contributed by atoms with Crippen molar-refractivity contribution in [3.8, 4) is 22.4 Å². The number of ether oxygens (including phenoxy) is 1. The summed E-state index contributed by atoms with van der Waals surface area (Å²) in [6.07, 6.45) is -3.31. The van der Waals surface area contributed by atoms with Gasteiger partial charge in [0.05, 0.1) is 29.9 Å². The van der Waals surface area contributed by atoms with Crippen LogP contribution < -0.4 is 10.6 Å². The summed E-state index contributed by atoms with van der Waals surface area (Å²) in [5, 5.41) is 35.7. The number of hydrogen-bond donors (Lipinski definition) is 5. The quantitative estimate of drug-likeness (QED) is 0.0978. The maximum Gasteiger partial charge on any atom is 0.412 e. The first-order valence-corrected chi connectivity index (χ1v) is 16.2. The monoisotopic (exact) mass is 673 g/mol. The maximum absolute atomic E-state index is 14.4. The molecule has 0 aliphatic heterocycles. The average Bonchev–Trinajstić information content (AvgIpc) is 3.36. The van der Waals surface area contributed by atoms with Crippen LogP contribution in [0.3, 0.4) is 0 Å². The molecule has 2 amide bonds. The summed E-state index contributed by atoms with van der Waals surface area (Å²) >= 11 is 0. The van der Waals surface area contributed by atoms with Crippen LogP contribution in [0.4, 0.5) is 20.6 Å². The van der Waals surface area contributed by atoms with Gasteiger partial charge in [0, 0.05) is 29.2 Å². The third kappa shape index (κ3) is 10.0. The van der Waals surface area contributed by atoms with Crippen molar-refractivity contribution in [1.29, 1.82) is 0 Å². The molecule has 4 aromatic rings. The lowest BCUT2D eigenvalue weighted by molar-refractivity contribution is -0.139. The van der Waals surface area contributed by atoms with Crippen LogP contribution >= 0.6 is 0 Å². The fraction of sp³-hybridized carbons (Fsp3) is 0.342. The third-order valence-electron chi connectivity index (χ3n) is 7.69. The highest BCUT2D eigenvalue weighted by atomic mass is 19.1. The van der Waals surface area contributed by atoms with Crippen molar-refractivity contribution in [3.63, 3.8) is 0 Å². The van der Waals surface area contributed by atoms with Crippen molar-refractivity contribution in [2.45, 2.75) is 84.2 Å². The molecule has 4 rings (SSSR count). The van der Waals surface area contributed by atoms with Crippen molar-refractivity contribution >= 4 is 29.3 Å². The van der Waals surface area contributed by atoms with E-state index in [2.05, 4.69) is 10.6 Å². The van der Waals surface area contributed by atoms with E-state index in [1.807, 2.05) is 48.7 Å². The number of aromatic nitrogens is 1. The SMILES string of the molecule is CC(C)c1c(C(=O)Nc2ccc(NC(=O)OC(C)(C)C)cc2)c(-c2ccccc2)c(-c2ccc(F)cc2)n1CC[C@@H](O)C[C@@H](O)CC(=O)O. The molecular weight excluding hydrogens is 629 g/mol. The summed E-state index contributed by atoms with van der Waals surface area (Å²) in [6, 6.07) is 22.0. The predicted molar refractivity (Wildman–Crippen MR) is 187 cm³/mol. The number of benzene rings is 3. The predicted octanol–water partition coefficient (Wildman–Crippen LogP) is 7.66. The summed E-state index contributed by atoms with van der Waals surface area (Å²) in [7, 11) is 0. The third-order valence-corrected chi connectivity index (χ3v) is 7.69. The molecule has 0 fully saturated rings. The Kier molecular flexibility index (Phi) is 12.0. The first-order valence-electron chi connectivity index (χ1n) is 16.2. The summed E-state index contributed by atoms with van der Waals surface area (Å²) in [6.45, 7) is 9.43. The lowest BCUT2D eigenvalue weighted by atomic mass is 9.94. The van der Waals surface area contributed by atoms with Gasteiger partial charge in [0.15, 0.2) is 0 Å². The number of carboxylic acid groups (broad SMARTS) is 1. The number of anilines is 2. The number of carbonyl (C=O) groups excluding carboxylic acids is 2. The van der Waals surface area contributed by atoms with Gasteiger partial charge < -0.3 is 29.9 Å². The minimum absolute atomic E-state index is 0.131. The molecule has 49 heavy (non-hydrogen) atoms. The topological polar surface area (TPSA) is 150 Å². The van der Waals surface area contributed by atoms with Gasteiger partial charge in [0.25, 0.3) is 5.91 Å². The Morgan fingerprint density at radius 2 is 1.43 bits per heavy atom. The van der Waals surface area contributed by atoms with Gasteiger partial charge in [0.2, 0.25) is 0 Å².